The minimum Gasteiger partial charge on any atom is -0.497 e. The fourth-order valence-electron chi connectivity index (χ4n) is 2.88. The first-order chi connectivity index (χ1) is 13.2. The van der Waals surface area contributed by atoms with E-state index in [1.54, 1.807) is 45.2 Å². The number of carboxylic acids is 1. The molecule has 2 aromatic carbocycles. The molecule has 0 spiro atoms. The van der Waals surface area contributed by atoms with Gasteiger partial charge in [-0.25, -0.2) is 4.79 Å². The van der Waals surface area contributed by atoms with Crippen molar-refractivity contribution in [3.05, 3.63) is 48.0 Å². The van der Waals surface area contributed by atoms with Crippen LogP contribution >= 0.6 is 0 Å². The number of aromatic carboxylic acids is 1. The van der Waals surface area contributed by atoms with Gasteiger partial charge >= 0.3 is 5.97 Å². The number of ether oxygens (including phenoxy) is 2. The van der Waals surface area contributed by atoms with Crippen molar-refractivity contribution < 1.29 is 29.0 Å². The van der Waals surface area contributed by atoms with Crippen molar-refractivity contribution in [3.8, 4) is 11.5 Å². The highest BCUT2D eigenvalue weighted by Crippen LogP contribution is 2.38. The van der Waals surface area contributed by atoms with Crippen LogP contribution in [0.5, 0.6) is 11.5 Å². The van der Waals surface area contributed by atoms with Crippen molar-refractivity contribution in [1.82, 2.24) is 0 Å². The van der Waals surface area contributed by atoms with Crippen molar-refractivity contribution in [2.45, 2.75) is 19.4 Å². The lowest BCUT2D eigenvalue weighted by atomic mass is 10.0. The average molecular weight is 384 g/mol. The van der Waals surface area contributed by atoms with Gasteiger partial charge < -0.3 is 19.9 Å². The zero-order chi connectivity index (χ0) is 20.5. The van der Waals surface area contributed by atoms with Crippen LogP contribution in [0.25, 0.3) is 0 Å². The molecule has 1 heterocycles. The number of carbonyl (C=O) groups is 3. The number of carboxylic acid groups (broad SMARTS) is 1. The van der Waals surface area contributed by atoms with Crippen LogP contribution in [0, 0.1) is 0 Å². The SMILES string of the molecule is COc1ccc(NC(=O)CN2C(=O)C(C)(C)Oc3cc(C(=O)O)ccc32)cc1. The summed E-state index contributed by atoms with van der Waals surface area (Å²) in [4.78, 5) is 37.8. The third-order valence-electron chi connectivity index (χ3n) is 4.30. The van der Waals surface area contributed by atoms with Crippen LogP contribution in [0.15, 0.2) is 42.5 Å². The smallest absolute Gasteiger partial charge is 0.335 e. The topological polar surface area (TPSA) is 105 Å². The number of hydrogen-bond acceptors (Lipinski definition) is 5. The van der Waals surface area contributed by atoms with E-state index >= 15 is 0 Å². The third kappa shape index (κ3) is 3.75. The Morgan fingerprint density at radius 1 is 1.18 bits per heavy atom. The first kappa shape index (κ1) is 19.2. The molecular formula is C20H20N2O6. The molecule has 3 rings (SSSR count). The summed E-state index contributed by atoms with van der Waals surface area (Å²) in [5, 5.41) is 11.9. The predicted molar refractivity (Wildman–Crippen MR) is 102 cm³/mol. The fourth-order valence-corrected chi connectivity index (χ4v) is 2.88. The van der Waals surface area contributed by atoms with Crippen LogP contribution in [0.3, 0.4) is 0 Å². The highest BCUT2D eigenvalue weighted by Gasteiger charge is 2.41. The molecule has 0 saturated carbocycles. The van der Waals surface area contributed by atoms with Gasteiger partial charge in [0, 0.05) is 5.69 Å². The minimum atomic E-state index is -1.23. The normalized spacial score (nSPS) is 14.7. The second-order valence-electron chi connectivity index (χ2n) is 6.77. The number of fused-ring (bicyclic) bond motifs is 1. The molecule has 28 heavy (non-hydrogen) atoms. The summed E-state index contributed by atoms with van der Waals surface area (Å²) in [7, 11) is 1.55. The average Bonchev–Trinajstić information content (AvgIpc) is 2.65. The fraction of sp³-hybridized carbons (Fsp3) is 0.250. The van der Waals surface area contributed by atoms with Gasteiger partial charge in [0.25, 0.3) is 5.91 Å². The second-order valence-corrected chi connectivity index (χ2v) is 6.77. The maximum absolute atomic E-state index is 12.8. The lowest BCUT2D eigenvalue weighted by Gasteiger charge is -2.38. The molecule has 0 radical (unpaired) electrons. The lowest BCUT2D eigenvalue weighted by Crippen LogP contribution is -2.54. The monoisotopic (exact) mass is 384 g/mol. The molecule has 0 saturated heterocycles. The first-order valence-corrected chi connectivity index (χ1v) is 8.53. The van der Waals surface area contributed by atoms with Gasteiger partial charge in [-0.15, -0.1) is 0 Å². The van der Waals surface area contributed by atoms with E-state index in [1.807, 2.05) is 0 Å². The van der Waals surface area contributed by atoms with Gasteiger partial charge in [-0.3, -0.25) is 14.5 Å². The number of hydrogen-bond donors (Lipinski definition) is 2. The summed E-state index contributed by atoms with van der Waals surface area (Å²) in [6, 6.07) is 11.0. The summed E-state index contributed by atoms with van der Waals surface area (Å²) in [5.74, 6) is -1.00. The van der Waals surface area contributed by atoms with E-state index in [2.05, 4.69) is 5.32 Å². The van der Waals surface area contributed by atoms with Crippen LogP contribution in [-0.4, -0.2) is 42.1 Å². The standard InChI is InChI=1S/C20H20N2O6/c1-20(2)19(26)22(15-9-4-12(18(24)25)10-16(15)28-20)11-17(23)21-13-5-7-14(27-3)8-6-13/h4-10H,11H2,1-3H3,(H,21,23)(H,24,25). The van der Waals surface area contributed by atoms with Crippen molar-refractivity contribution >= 4 is 29.2 Å². The maximum atomic E-state index is 12.8. The Labute approximate surface area is 161 Å². The lowest BCUT2D eigenvalue weighted by molar-refractivity contribution is -0.133. The molecule has 1 aliphatic heterocycles. The highest BCUT2D eigenvalue weighted by molar-refractivity contribution is 6.08. The summed E-state index contributed by atoms with van der Waals surface area (Å²) >= 11 is 0. The van der Waals surface area contributed by atoms with Crippen molar-refractivity contribution in [2.24, 2.45) is 0 Å². The zero-order valence-electron chi connectivity index (χ0n) is 15.7. The van der Waals surface area contributed by atoms with Gasteiger partial charge in [0.05, 0.1) is 18.4 Å². The molecule has 8 nitrogen and oxygen atoms in total. The van der Waals surface area contributed by atoms with Gasteiger partial charge in [-0.1, -0.05) is 0 Å². The summed E-state index contributed by atoms with van der Waals surface area (Å²) < 4.78 is 10.8. The second kappa shape index (κ2) is 7.22. The largest absolute Gasteiger partial charge is 0.497 e. The van der Waals surface area contributed by atoms with Crippen molar-refractivity contribution in [3.63, 3.8) is 0 Å². The molecule has 146 valence electrons. The Bertz CT molecular complexity index is 936. The van der Waals surface area contributed by atoms with E-state index in [0.29, 0.717) is 17.1 Å². The number of rotatable bonds is 5. The van der Waals surface area contributed by atoms with E-state index in [0.717, 1.165) is 0 Å². The molecular weight excluding hydrogens is 364 g/mol. The van der Waals surface area contributed by atoms with E-state index < -0.39 is 23.4 Å². The molecule has 0 aliphatic carbocycles. The van der Waals surface area contributed by atoms with E-state index in [9.17, 15) is 19.5 Å². The molecule has 2 N–H and O–H groups in total. The number of carbonyl (C=O) groups excluding carboxylic acids is 2. The summed E-state index contributed by atoms with van der Waals surface area (Å²) in [5.41, 5.74) is -0.289. The molecule has 0 bridgehead atoms. The Morgan fingerprint density at radius 3 is 2.46 bits per heavy atom. The summed E-state index contributed by atoms with van der Waals surface area (Å²) in [6.07, 6.45) is 0. The molecule has 0 atom stereocenters. The summed E-state index contributed by atoms with van der Waals surface area (Å²) in [6.45, 7) is 2.90. The number of methoxy groups -OCH3 is 1. The molecule has 1 aliphatic rings. The van der Waals surface area contributed by atoms with Gasteiger partial charge in [-0.05, 0) is 56.3 Å². The number of nitrogens with one attached hydrogen (secondary N) is 1. The van der Waals surface area contributed by atoms with Crippen LogP contribution in [0.1, 0.15) is 24.2 Å². The number of amides is 2. The van der Waals surface area contributed by atoms with Crippen molar-refractivity contribution in [1.29, 1.82) is 0 Å². The van der Waals surface area contributed by atoms with Crippen LogP contribution < -0.4 is 19.7 Å². The molecule has 0 unspecified atom stereocenters. The number of nitrogens with zero attached hydrogens (tertiary/aromatic N) is 1. The predicted octanol–water partition coefficient (Wildman–Crippen LogP) is 2.54. The van der Waals surface area contributed by atoms with Crippen LogP contribution in [-0.2, 0) is 9.59 Å². The van der Waals surface area contributed by atoms with E-state index in [-0.39, 0.29) is 17.9 Å². The minimum absolute atomic E-state index is 0.0338. The Balaban J connectivity index is 1.84. The van der Waals surface area contributed by atoms with Crippen LogP contribution in [0.4, 0.5) is 11.4 Å². The maximum Gasteiger partial charge on any atom is 0.335 e. The van der Waals surface area contributed by atoms with Crippen molar-refractivity contribution in [2.75, 3.05) is 23.9 Å². The van der Waals surface area contributed by atoms with Crippen LogP contribution in [0.2, 0.25) is 0 Å². The van der Waals surface area contributed by atoms with E-state index in [4.69, 9.17) is 9.47 Å². The molecule has 8 heteroatoms. The zero-order valence-corrected chi connectivity index (χ0v) is 15.7. The first-order valence-electron chi connectivity index (χ1n) is 8.53. The Kier molecular flexibility index (Phi) is 4.96. The van der Waals surface area contributed by atoms with Gasteiger partial charge in [0.1, 0.15) is 18.0 Å². The van der Waals surface area contributed by atoms with Gasteiger partial charge in [0.15, 0.2) is 5.60 Å². The number of benzene rings is 2. The Morgan fingerprint density at radius 2 is 1.86 bits per heavy atom. The Hall–Kier alpha value is -3.55. The third-order valence-corrected chi connectivity index (χ3v) is 4.30. The number of anilines is 2. The van der Waals surface area contributed by atoms with Gasteiger partial charge in [-0.2, -0.15) is 0 Å². The molecule has 2 amide bonds. The molecule has 2 aromatic rings. The quantitative estimate of drug-likeness (QED) is 0.821. The molecule has 0 fully saturated rings. The van der Waals surface area contributed by atoms with Gasteiger partial charge in [0.2, 0.25) is 5.91 Å². The van der Waals surface area contributed by atoms with E-state index in [1.165, 1.54) is 23.1 Å². The highest BCUT2D eigenvalue weighted by atomic mass is 16.5. The molecule has 0 aromatic heterocycles.